The summed E-state index contributed by atoms with van der Waals surface area (Å²) in [5.74, 6) is 1.53. The van der Waals surface area contributed by atoms with Crippen LogP contribution in [0.5, 0.6) is 0 Å². The number of nitrogens with one attached hydrogen (secondary N) is 1. The lowest BCUT2D eigenvalue weighted by Crippen LogP contribution is -2.50. The van der Waals surface area contributed by atoms with Crippen molar-refractivity contribution in [3.63, 3.8) is 0 Å². The number of nitrogens with zero attached hydrogens (tertiary/aromatic N) is 3. The van der Waals surface area contributed by atoms with Crippen LogP contribution in [0.1, 0.15) is 19.2 Å². The lowest BCUT2D eigenvalue weighted by atomic mass is 9.97. The van der Waals surface area contributed by atoms with Crippen molar-refractivity contribution in [3.8, 4) is 0 Å². The molecule has 0 bridgehead atoms. The van der Waals surface area contributed by atoms with Crippen LogP contribution in [0.4, 0.5) is 5.13 Å². The van der Waals surface area contributed by atoms with Gasteiger partial charge in [0.25, 0.3) is 0 Å². The second-order valence-corrected chi connectivity index (χ2v) is 6.34. The maximum absolute atomic E-state index is 5.59. The van der Waals surface area contributed by atoms with E-state index in [0.29, 0.717) is 12.0 Å². The lowest BCUT2D eigenvalue weighted by molar-refractivity contribution is 0.00461. The van der Waals surface area contributed by atoms with E-state index >= 15 is 0 Å². The average Bonchev–Trinajstić information content (AvgIpc) is 3.20. The molecule has 2 fully saturated rings. The van der Waals surface area contributed by atoms with Gasteiger partial charge in [0.2, 0.25) is 5.13 Å². The van der Waals surface area contributed by atoms with Gasteiger partial charge in [-0.3, -0.25) is 4.90 Å². The first-order chi connectivity index (χ1) is 10.4. The SMILES string of the molecule is CCc1nsc(NC[C@H]([C@H]2CCOC2)N2CCOCC2)n1. The van der Waals surface area contributed by atoms with E-state index in [0.717, 1.165) is 69.9 Å². The van der Waals surface area contributed by atoms with Gasteiger partial charge in [-0.05, 0) is 6.42 Å². The Hall–Kier alpha value is -0.760. The highest BCUT2D eigenvalue weighted by Gasteiger charge is 2.31. The smallest absolute Gasteiger partial charge is 0.202 e. The number of aromatic nitrogens is 2. The van der Waals surface area contributed by atoms with E-state index in [2.05, 4.69) is 26.5 Å². The molecule has 3 rings (SSSR count). The van der Waals surface area contributed by atoms with E-state index in [1.54, 1.807) is 0 Å². The van der Waals surface area contributed by atoms with E-state index < -0.39 is 0 Å². The van der Waals surface area contributed by atoms with Crippen LogP contribution in [0, 0.1) is 5.92 Å². The number of ether oxygens (including phenoxy) is 2. The maximum Gasteiger partial charge on any atom is 0.202 e. The molecule has 1 aromatic rings. The molecule has 2 aliphatic heterocycles. The van der Waals surface area contributed by atoms with Crippen molar-refractivity contribution in [1.29, 1.82) is 0 Å². The predicted octanol–water partition coefficient (Wildman–Crippen LogP) is 1.25. The van der Waals surface area contributed by atoms with Gasteiger partial charge in [0.05, 0.1) is 19.8 Å². The molecule has 21 heavy (non-hydrogen) atoms. The number of morpholine rings is 1. The first kappa shape index (κ1) is 15.1. The normalized spacial score (nSPS) is 25.1. The van der Waals surface area contributed by atoms with Gasteiger partial charge in [0.1, 0.15) is 5.82 Å². The van der Waals surface area contributed by atoms with Crippen LogP contribution in [-0.4, -0.2) is 66.4 Å². The topological polar surface area (TPSA) is 59.5 Å². The second kappa shape index (κ2) is 7.49. The van der Waals surface area contributed by atoms with Crippen LogP contribution >= 0.6 is 11.5 Å². The molecule has 2 saturated heterocycles. The van der Waals surface area contributed by atoms with Crippen LogP contribution in [0.3, 0.4) is 0 Å². The molecule has 0 aromatic carbocycles. The Morgan fingerprint density at radius 3 is 2.86 bits per heavy atom. The van der Waals surface area contributed by atoms with E-state index in [1.807, 2.05) is 0 Å². The molecule has 3 heterocycles. The first-order valence-corrected chi connectivity index (χ1v) is 8.60. The van der Waals surface area contributed by atoms with Gasteiger partial charge in [0, 0.05) is 56.2 Å². The molecular formula is C14H24N4O2S. The predicted molar refractivity (Wildman–Crippen MR) is 82.9 cm³/mol. The summed E-state index contributed by atoms with van der Waals surface area (Å²) in [5.41, 5.74) is 0. The van der Waals surface area contributed by atoms with E-state index in [9.17, 15) is 0 Å². The van der Waals surface area contributed by atoms with Crippen LogP contribution in [0.25, 0.3) is 0 Å². The third-order valence-electron chi connectivity index (χ3n) is 4.27. The minimum absolute atomic E-state index is 0.491. The highest BCUT2D eigenvalue weighted by atomic mass is 32.1. The summed E-state index contributed by atoms with van der Waals surface area (Å²) in [6, 6.07) is 0.491. The van der Waals surface area contributed by atoms with Gasteiger partial charge < -0.3 is 14.8 Å². The molecule has 0 aliphatic carbocycles. The molecule has 0 saturated carbocycles. The molecule has 2 aliphatic rings. The zero-order valence-electron chi connectivity index (χ0n) is 12.6. The fourth-order valence-electron chi connectivity index (χ4n) is 3.02. The minimum atomic E-state index is 0.491. The summed E-state index contributed by atoms with van der Waals surface area (Å²) >= 11 is 1.46. The highest BCUT2D eigenvalue weighted by molar-refractivity contribution is 7.09. The number of anilines is 1. The lowest BCUT2D eigenvalue weighted by Gasteiger charge is -2.37. The number of hydrogen-bond acceptors (Lipinski definition) is 7. The number of rotatable bonds is 6. The Morgan fingerprint density at radius 2 is 2.19 bits per heavy atom. The molecule has 1 aromatic heterocycles. The van der Waals surface area contributed by atoms with Crippen LogP contribution in [0.15, 0.2) is 0 Å². The fraction of sp³-hybridized carbons (Fsp3) is 0.857. The van der Waals surface area contributed by atoms with E-state index in [4.69, 9.17) is 9.47 Å². The molecule has 0 spiro atoms. The van der Waals surface area contributed by atoms with Gasteiger partial charge in [0.15, 0.2) is 0 Å². The average molecular weight is 312 g/mol. The largest absolute Gasteiger partial charge is 0.381 e. The molecule has 7 heteroatoms. The quantitative estimate of drug-likeness (QED) is 0.853. The summed E-state index contributed by atoms with van der Waals surface area (Å²) in [4.78, 5) is 7.03. The third-order valence-corrected chi connectivity index (χ3v) is 4.98. The molecule has 1 N–H and O–H groups in total. The van der Waals surface area contributed by atoms with Crippen molar-refractivity contribution in [2.45, 2.75) is 25.8 Å². The zero-order valence-corrected chi connectivity index (χ0v) is 13.4. The summed E-state index contributed by atoms with van der Waals surface area (Å²) in [6.45, 7) is 8.46. The molecule has 0 radical (unpaired) electrons. The first-order valence-electron chi connectivity index (χ1n) is 7.83. The molecule has 2 atom stereocenters. The number of aryl methyl sites for hydroxylation is 1. The Balaban J connectivity index is 1.60. The maximum atomic E-state index is 5.59. The van der Waals surface area contributed by atoms with Crippen molar-refractivity contribution in [1.82, 2.24) is 14.3 Å². The van der Waals surface area contributed by atoms with Crippen LogP contribution in [0.2, 0.25) is 0 Å². The third kappa shape index (κ3) is 3.91. The van der Waals surface area contributed by atoms with Crippen molar-refractivity contribution in [2.24, 2.45) is 5.92 Å². The van der Waals surface area contributed by atoms with Crippen molar-refractivity contribution < 1.29 is 9.47 Å². The van der Waals surface area contributed by atoms with Crippen molar-refractivity contribution >= 4 is 16.7 Å². The van der Waals surface area contributed by atoms with E-state index in [1.165, 1.54) is 11.5 Å². The Kier molecular flexibility index (Phi) is 5.40. The summed E-state index contributed by atoms with van der Waals surface area (Å²) in [6.07, 6.45) is 2.04. The van der Waals surface area contributed by atoms with Gasteiger partial charge in [-0.25, -0.2) is 4.98 Å². The monoisotopic (exact) mass is 312 g/mol. The van der Waals surface area contributed by atoms with Gasteiger partial charge in [-0.1, -0.05) is 6.92 Å². The van der Waals surface area contributed by atoms with Gasteiger partial charge in [-0.15, -0.1) is 0 Å². The highest BCUT2D eigenvalue weighted by Crippen LogP contribution is 2.23. The van der Waals surface area contributed by atoms with Crippen LogP contribution < -0.4 is 5.32 Å². The Labute approximate surface area is 130 Å². The van der Waals surface area contributed by atoms with E-state index in [-0.39, 0.29) is 0 Å². The zero-order chi connectivity index (χ0) is 14.5. The molecular weight excluding hydrogens is 288 g/mol. The molecule has 6 nitrogen and oxygen atoms in total. The standard InChI is InChI=1S/C14H24N4O2S/c1-2-13-16-14(21-17-13)15-9-12(11-3-6-20-10-11)18-4-7-19-8-5-18/h11-12H,2-10H2,1H3,(H,15,16,17)/t11-,12+/m0/s1. The Bertz CT molecular complexity index is 430. The number of hydrogen-bond donors (Lipinski definition) is 1. The Morgan fingerprint density at radius 1 is 1.33 bits per heavy atom. The minimum Gasteiger partial charge on any atom is -0.381 e. The molecule has 0 unspecified atom stereocenters. The fourth-order valence-corrected chi connectivity index (χ4v) is 3.68. The van der Waals surface area contributed by atoms with Crippen molar-refractivity contribution in [3.05, 3.63) is 5.82 Å². The van der Waals surface area contributed by atoms with Crippen LogP contribution in [-0.2, 0) is 15.9 Å². The molecule has 118 valence electrons. The summed E-state index contributed by atoms with van der Waals surface area (Å²) in [5, 5.41) is 4.41. The summed E-state index contributed by atoms with van der Waals surface area (Å²) < 4.78 is 15.4. The van der Waals surface area contributed by atoms with Gasteiger partial charge >= 0.3 is 0 Å². The molecule has 0 amide bonds. The van der Waals surface area contributed by atoms with Crippen molar-refractivity contribution in [2.75, 3.05) is 51.4 Å². The van der Waals surface area contributed by atoms with Gasteiger partial charge in [-0.2, -0.15) is 4.37 Å². The summed E-state index contributed by atoms with van der Waals surface area (Å²) in [7, 11) is 0. The second-order valence-electron chi connectivity index (χ2n) is 5.59.